The van der Waals surface area contributed by atoms with Crippen molar-refractivity contribution in [1.82, 2.24) is 4.90 Å². The number of hydrogen-bond donors (Lipinski definition) is 2. The third-order valence-electron chi connectivity index (χ3n) is 4.17. The van der Waals surface area contributed by atoms with Gasteiger partial charge in [-0.15, -0.1) is 0 Å². The van der Waals surface area contributed by atoms with Crippen LogP contribution in [0.2, 0.25) is 0 Å². The van der Waals surface area contributed by atoms with Crippen molar-refractivity contribution in [3.63, 3.8) is 0 Å². The van der Waals surface area contributed by atoms with Crippen molar-refractivity contribution in [2.75, 3.05) is 19.7 Å². The number of aliphatic hydroxyl groups excluding tert-OH is 1. The minimum Gasteiger partial charge on any atom is -0.395 e. The van der Waals surface area contributed by atoms with Gasteiger partial charge in [-0.25, -0.2) is 0 Å². The van der Waals surface area contributed by atoms with Gasteiger partial charge in [0.15, 0.2) is 0 Å². The Morgan fingerprint density at radius 3 is 2.39 bits per heavy atom. The molecule has 3 N–H and O–H groups in total. The van der Waals surface area contributed by atoms with Crippen LogP contribution in [0.15, 0.2) is 0 Å². The van der Waals surface area contributed by atoms with E-state index < -0.39 is 0 Å². The molecule has 106 valence electrons. The SMILES string of the molecule is CC(C)(CCN(CCO)C1CCCCC1)C(N)=S. The van der Waals surface area contributed by atoms with E-state index in [0.717, 1.165) is 19.5 Å². The van der Waals surface area contributed by atoms with Gasteiger partial charge in [-0.3, -0.25) is 4.90 Å². The molecular weight excluding hydrogens is 244 g/mol. The van der Waals surface area contributed by atoms with Gasteiger partial charge in [0.1, 0.15) is 0 Å². The van der Waals surface area contributed by atoms with Crippen LogP contribution in [0.5, 0.6) is 0 Å². The first-order valence-corrected chi connectivity index (χ1v) is 7.53. The lowest BCUT2D eigenvalue weighted by atomic mass is 9.88. The summed E-state index contributed by atoms with van der Waals surface area (Å²) in [6.45, 7) is 6.21. The zero-order valence-electron chi connectivity index (χ0n) is 11.8. The molecule has 0 aromatic rings. The van der Waals surface area contributed by atoms with E-state index in [1.165, 1.54) is 32.1 Å². The topological polar surface area (TPSA) is 49.5 Å². The van der Waals surface area contributed by atoms with Crippen molar-refractivity contribution in [3.05, 3.63) is 0 Å². The molecule has 18 heavy (non-hydrogen) atoms. The van der Waals surface area contributed by atoms with Crippen LogP contribution in [-0.4, -0.2) is 40.7 Å². The lowest BCUT2D eigenvalue weighted by Gasteiger charge is -2.36. The lowest BCUT2D eigenvalue weighted by Crippen LogP contribution is -2.42. The second-order valence-electron chi connectivity index (χ2n) is 6.05. The van der Waals surface area contributed by atoms with Gasteiger partial charge in [0.25, 0.3) is 0 Å². The van der Waals surface area contributed by atoms with E-state index in [4.69, 9.17) is 18.0 Å². The minimum atomic E-state index is -0.0856. The first-order chi connectivity index (χ1) is 8.47. The van der Waals surface area contributed by atoms with Crippen LogP contribution in [0.25, 0.3) is 0 Å². The molecule has 0 aromatic carbocycles. The second-order valence-corrected chi connectivity index (χ2v) is 6.49. The molecule has 0 aliphatic heterocycles. The van der Waals surface area contributed by atoms with Gasteiger partial charge in [-0.2, -0.15) is 0 Å². The molecule has 1 aliphatic rings. The Labute approximate surface area is 117 Å². The molecule has 1 rings (SSSR count). The van der Waals surface area contributed by atoms with Crippen molar-refractivity contribution in [1.29, 1.82) is 0 Å². The number of nitrogens with zero attached hydrogens (tertiary/aromatic N) is 1. The van der Waals surface area contributed by atoms with Crippen LogP contribution in [0, 0.1) is 5.41 Å². The monoisotopic (exact) mass is 272 g/mol. The summed E-state index contributed by atoms with van der Waals surface area (Å²) in [5.74, 6) is 0. The second kappa shape index (κ2) is 7.41. The van der Waals surface area contributed by atoms with Gasteiger partial charge in [0.05, 0.1) is 11.6 Å². The molecule has 0 saturated heterocycles. The predicted octanol–water partition coefficient (Wildman–Crippen LogP) is 2.32. The average Bonchev–Trinajstić information content (AvgIpc) is 2.35. The average molecular weight is 272 g/mol. The maximum Gasteiger partial charge on any atom is 0.0784 e. The molecular formula is C14H28N2OS. The zero-order chi connectivity index (χ0) is 13.6. The molecule has 0 aromatic heterocycles. The highest BCUT2D eigenvalue weighted by Crippen LogP contribution is 2.26. The fourth-order valence-corrected chi connectivity index (χ4v) is 2.70. The van der Waals surface area contributed by atoms with Crippen LogP contribution in [0.1, 0.15) is 52.4 Å². The Morgan fingerprint density at radius 1 is 1.28 bits per heavy atom. The summed E-state index contributed by atoms with van der Waals surface area (Å²) in [6.07, 6.45) is 7.53. The molecule has 1 saturated carbocycles. The molecule has 0 heterocycles. The van der Waals surface area contributed by atoms with Gasteiger partial charge < -0.3 is 10.8 Å². The third-order valence-corrected chi connectivity index (χ3v) is 4.72. The number of rotatable bonds is 7. The normalized spacial score (nSPS) is 18.2. The van der Waals surface area contributed by atoms with Crippen molar-refractivity contribution >= 4 is 17.2 Å². The maximum atomic E-state index is 9.21. The van der Waals surface area contributed by atoms with Crippen molar-refractivity contribution in [2.24, 2.45) is 11.1 Å². The van der Waals surface area contributed by atoms with E-state index in [9.17, 15) is 5.11 Å². The predicted molar refractivity (Wildman–Crippen MR) is 80.7 cm³/mol. The van der Waals surface area contributed by atoms with Gasteiger partial charge in [-0.05, 0) is 25.8 Å². The summed E-state index contributed by atoms with van der Waals surface area (Å²) in [6, 6.07) is 0.646. The number of aliphatic hydroxyl groups is 1. The highest BCUT2D eigenvalue weighted by Gasteiger charge is 2.25. The highest BCUT2D eigenvalue weighted by molar-refractivity contribution is 7.80. The number of hydrogen-bond acceptors (Lipinski definition) is 3. The van der Waals surface area contributed by atoms with Crippen LogP contribution in [0.4, 0.5) is 0 Å². The standard InChI is InChI=1S/C14H28N2OS/c1-14(2,13(15)18)8-9-16(10-11-17)12-6-4-3-5-7-12/h12,17H,3-11H2,1-2H3,(H2,15,18). The molecule has 3 nitrogen and oxygen atoms in total. The smallest absolute Gasteiger partial charge is 0.0784 e. The van der Waals surface area contributed by atoms with Crippen LogP contribution < -0.4 is 5.73 Å². The molecule has 0 unspecified atom stereocenters. The van der Waals surface area contributed by atoms with Crippen LogP contribution >= 0.6 is 12.2 Å². The van der Waals surface area contributed by atoms with Gasteiger partial charge in [0, 0.05) is 18.0 Å². The summed E-state index contributed by atoms with van der Waals surface area (Å²) in [5.41, 5.74) is 5.69. The van der Waals surface area contributed by atoms with Crippen molar-refractivity contribution < 1.29 is 5.11 Å². The molecule has 1 aliphatic carbocycles. The lowest BCUT2D eigenvalue weighted by molar-refractivity contribution is 0.115. The summed E-state index contributed by atoms with van der Waals surface area (Å²) >= 11 is 5.11. The molecule has 0 atom stereocenters. The zero-order valence-corrected chi connectivity index (χ0v) is 12.6. The summed E-state index contributed by atoms with van der Waals surface area (Å²) in [5, 5.41) is 9.21. The van der Waals surface area contributed by atoms with Gasteiger partial charge in [-0.1, -0.05) is 45.3 Å². The fourth-order valence-electron chi connectivity index (χ4n) is 2.60. The Kier molecular flexibility index (Phi) is 6.53. The molecule has 0 radical (unpaired) electrons. The Morgan fingerprint density at radius 2 is 1.89 bits per heavy atom. The number of thiocarbonyl (C=S) groups is 1. The minimum absolute atomic E-state index is 0.0856. The van der Waals surface area contributed by atoms with E-state index >= 15 is 0 Å². The van der Waals surface area contributed by atoms with E-state index in [1.54, 1.807) is 0 Å². The first-order valence-electron chi connectivity index (χ1n) is 7.12. The molecule has 0 amide bonds. The van der Waals surface area contributed by atoms with Crippen molar-refractivity contribution in [2.45, 2.75) is 58.4 Å². The highest BCUT2D eigenvalue weighted by atomic mass is 32.1. The fraction of sp³-hybridized carbons (Fsp3) is 0.929. The van der Waals surface area contributed by atoms with E-state index in [0.29, 0.717) is 11.0 Å². The van der Waals surface area contributed by atoms with Crippen molar-refractivity contribution in [3.8, 4) is 0 Å². The Hall–Kier alpha value is -0.190. The Bertz CT molecular complexity index is 263. The third kappa shape index (κ3) is 4.82. The van der Waals surface area contributed by atoms with Gasteiger partial charge in [0.2, 0.25) is 0 Å². The number of nitrogens with two attached hydrogens (primary N) is 1. The molecule has 0 spiro atoms. The van der Waals surface area contributed by atoms with E-state index in [1.807, 2.05) is 0 Å². The van der Waals surface area contributed by atoms with Gasteiger partial charge >= 0.3 is 0 Å². The molecule has 4 heteroatoms. The Balaban J connectivity index is 2.49. The largest absolute Gasteiger partial charge is 0.395 e. The summed E-state index contributed by atoms with van der Waals surface area (Å²) < 4.78 is 0. The van der Waals surface area contributed by atoms with Crippen LogP contribution in [-0.2, 0) is 0 Å². The van der Waals surface area contributed by atoms with E-state index in [-0.39, 0.29) is 12.0 Å². The maximum absolute atomic E-state index is 9.21. The first kappa shape index (κ1) is 15.9. The van der Waals surface area contributed by atoms with E-state index in [2.05, 4.69) is 18.7 Å². The quantitative estimate of drug-likeness (QED) is 0.698. The molecule has 1 fully saturated rings. The summed E-state index contributed by atoms with van der Waals surface area (Å²) in [7, 11) is 0. The molecule has 0 bridgehead atoms. The summed E-state index contributed by atoms with van der Waals surface area (Å²) in [4.78, 5) is 3.02. The van der Waals surface area contributed by atoms with Crippen LogP contribution in [0.3, 0.4) is 0 Å².